The second kappa shape index (κ2) is 12.2. The summed E-state index contributed by atoms with van der Waals surface area (Å²) in [5.41, 5.74) is 2.43. The molecule has 1 amide bonds. The van der Waals surface area contributed by atoms with Crippen molar-refractivity contribution in [1.82, 2.24) is 10.2 Å². The molecule has 2 aliphatic rings. The Bertz CT molecular complexity index is 1020. The van der Waals surface area contributed by atoms with Crippen molar-refractivity contribution in [2.24, 2.45) is 0 Å². The predicted octanol–water partition coefficient (Wildman–Crippen LogP) is 3.75. The van der Waals surface area contributed by atoms with Gasteiger partial charge in [-0.15, -0.1) is 0 Å². The molecule has 0 spiro atoms. The minimum Gasteiger partial charge on any atom is -0.488 e. The average Bonchev–Trinajstić information content (AvgIpc) is 3.20. The molecule has 2 atom stereocenters. The number of alkyl halides is 2. The van der Waals surface area contributed by atoms with E-state index in [9.17, 15) is 18.7 Å². The van der Waals surface area contributed by atoms with Gasteiger partial charge in [0.15, 0.2) is 0 Å². The van der Waals surface area contributed by atoms with Crippen LogP contribution in [0, 0.1) is 0 Å². The predicted molar refractivity (Wildman–Crippen MR) is 137 cm³/mol. The topological polar surface area (TPSA) is 77.1 Å². The number of hydrogen-bond acceptors (Lipinski definition) is 6. The molecule has 4 rings (SSSR count). The van der Waals surface area contributed by atoms with Gasteiger partial charge in [0.05, 0.1) is 23.5 Å². The summed E-state index contributed by atoms with van der Waals surface area (Å²) in [6.07, 6.45) is -1.23. The second-order valence-corrected chi connectivity index (χ2v) is 9.92. The molecular formula is C26H33ClF2N4O3. The van der Waals surface area contributed by atoms with Crippen molar-refractivity contribution in [2.45, 2.75) is 50.9 Å². The molecule has 0 aliphatic carbocycles. The molecule has 2 aromatic carbocycles. The summed E-state index contributed by atoms with van der Waals surface area (Å²) in [6.45, 7) is 4.40. The number of ether oxygens (including phenoxy) is 1. The lowest BCUT2D eigenvalue weighted by Gasteiger charge is -2.34. The van der Waals surface area contributed by atoms with Gasteiger partial charge in [0.1, 0.15) is 12.4 Å². The van der Waals surface area contributed by atoms with Gasteiger partial charge in [-0.2, -0.15) is 0 Å². The zero-order valence-electron chi connectivity index (χ0n) is 20.3. The number of aliphatic hydroxyl groups excluding tert-OH is 1. The molecule has 7 nitrogen and oxygen atoms in total. The Morgan fingerprint density at radius 3 is 2.56 bits per heavy atom. The first-order valence-corrected chi connectivity index (χ1v) is 12.6. The highest BCUT2D eigenvalue weighted by atomic mass is 35.5. The molecule has 0 aromatic heterocycles. The Morgan fingerprint density at radius 2 is 1.89 bits per heavy atom. The Labute approximate surface area is 215 Å². The number of benzene rings is 2. The monoisotopic (exact) mass is 522 g/mol. The molecule has 10 heteroatoms. The third-order valence-corrected chi connectivity index (χ3v) is 6.89. The molecular weight excluding hydrogens is 490 g/mol. The van der Waals surface area contributed by atoms with Crippen LogP contribution in [0.5, 0.6) is 5.75 Å². The molecule has 36 heavy (non-hydrogen) atoms. The number of nitrogens with zero attached hydrogens (tertiary/aromatic N) is 2. The maximum Gasteiger partial charge on any atom is 0.272 e. The third kappa shape index (κ3) is 7.29. The zero-order valence-corrected chi connectivity index (χ0v) is 21.1. The van der Waals surface area contributed by atoms with Gasteiger partial charge < -0.3 is 25.4 Å². The number of nitrogens with one attached hydrogen (secondary N) is 2. The first-order valence-electron chi connectivity index (χ1n) is 12.3. The van der Waals surface area contributed by atoms with Crippen LogP contribution in [0.3, 0.4) is 0 Å². The summed E-state index contributed by atoms with van der Waals surface area (Å²) in [6, 6.07) is 12.9. The minimum absolute atomic E-state index is 0.145. The Morgan fingerprint density at radius 1 is 1.17 bits per heavy atom. The van der Waals surface area contributed by atoms with Crippen LogP contribution < -0.4 is 20.3 Å². The van der Waals surface area contributed by atoms with Crippen LogP contribution in [0.2, 0.25) is 5.02 Å². The van der Waals surface area contributed by atoms with E-state index in [-0.39, 0.29) is 11.9 Å². The van der Waals surface area contributed by atoms with Crippen molar-refractivity contribution in [3.63, 3.8) is 0 Å². The number of carbonyl (C=O) groups is 1. The van der Waals surface area contributed by atoms with Gasteiger partial charge >= 0.3 is 0 Å². The van der Waals surface area contributed by atoms with Crippen LogP contribution in [0.4, 0.5) is 20.2 Å². The van der Waals surface area contributed by atoms with Gasteiger partial charge in [-0.1, -0.05) is 23.7 Å². The Kier molecular flexibility index (Phi) is 9.00. The number of aliphatic hydroxyl groups is 1. The summed E-state index contributed by atoms with van der Waals surface area (Å²) in [5, 5.41) is 17.9. The number of hydrogen-bond donors (Lipinski definition) is 3. The fraction of sp³-hybridized carbons (Fsp3) is 0.500. The molecule has 2 aliphatic heterocycles. The van der Waals surface area contributed by atoms with Crippen molar-refractivity contribution in [3.8, 4) is 5.75 Å². The number of likely N-dealkylation sites (tertiary alicyclic amines) is 1. The fourth-order valence-corrected chi connectivity index (χ4v) is 5.00. The first kappa shape index (κ1) is 26.6. The van der Waals surface area contributed by atoms with Gasteiger partial charge in [0.2, 0.25) is 5.91 Å². The number of rotatable bonds is 9. The lowest BCUT2D eigenvalue weighted by Crippen LogP contribution is -2.49. The van der Waals surface area contributed by atoms with E-state index in [0.29, 0.717) is 36.3 Å². The molecule has 196 valence electrons. The van der Waals surface area contributed by atoms with Crippen molar-refractivity contribution in [3.05, 3.63) is 53.1 Å². The number of carbonyl (C=O) groups excluding carboxylic acids is 1. The molecule has 0 radical (unpaired) electrons. The summed E-state index contributed by atoms with van der Waals surface area (Å²) < 4.78 is 30.4. The maximum atomic E-state index is 12.6. The number of piperidine rings is 1. The average molecular weight is 523 g/mol. The van der Waals surface area contributed by atoms with Crippen molar-refractivity contribution in [2.75, 3.05) is 43.0 Å². The van der Waals surface area contributed by atoms with Crippen LogP contribution in [0.15, 0.2) is 42.5 Å². The molecule has 1 unspecified atom stereocenters. The Balaban J connectivity index is 1.34. The highest BCUT2D eigenvalue weighted by molar-refractivity contribution is 6.30. The highest BCUT2D eigenvalue weighted by Crippen LogP contribution is 2.33. The first-order chi connectivity index (χ1) is 17.3. The van der Waals surface area contributed by atoms with Crippen LogP contribution in [0.1, 0.15) is 25.3 Å². The van der Waals surface area contributed by atoms with E-state index in [2.05, 4.69) is 27.7 Å². The molecule has 3 N–H and O–H groups in total. The SMILES string of the molecule is CC(=O)Nc1ccc(OCC(F)F)cc1N1CC(NC2CCN(Cc3ccc(Cl)cc3)CC2)[C@H](O)C1. The molecule has 0 bridgehead atoms. The number of amides is 1. The van der Waals surface area contributed by atoms with Crippen LogP contribution in [-0.2, 0) is 11.3 Å². The summed E-state index contributed by atoms with van der Waals surface area (Å²) in [4.78, 5) is 16.1. The molecule has 0 saturated carbocycles. The highest BCUT2D eigenvalue weighted by Gasteiger charge is 2.34. The standard InChI is InChI=1S/C26H33ClF2N4O3/c1-17(34)30-22-7-6-21(36-16-26(28)29)12-24(22)33-14-23(25(35)15-33)31-20-8-10-32(11-9-20)13-18-2-4-19(27)5-3-18/h2-7,12,20,23,25-26,31,35H,8-11,13-16H2,1H3,(H,30,34)/t23?,25-/m1/s1. The minimum atomic E-state index is -2.58. The van der Waals surface area contributed by atoms with E-state index < -0.39 is 19.1 Å². The largest absolute Gasteiger partial charge is 0.488 e. The summed E-state index contributed by atoms with van der Waals surface area (Å²) >= 11 is 5.98. The van der Waals surface area contributed by atoms with Gasteiger partial charge in [0, 0.05) is 43.7 Å². The number of anilines is 2. The summed E-state index contributed by atoms with van der Waals surface area (Å²) in [7, 11) is 0. The lowest BCUT2D eigenvalue weighted by atomic mass is 10.0. The van der Waals surface area contributed by atoms with E-state index >= 15 is 0 Å². The van der Waals surface area contributed by atoms with E-state index in [1.165, 1.54) is 12.5 Å². The van der Waals surface area contributed by atoms with E-state index in [0.717, 1.165) is 37.5 Å². The molecule has 2 saturated heterocycles. The van der Waals surface area contributed by atoms with Gasteiger partial charge in [-0.05, 0) is 55.8 Å². The Hall–Kier alpha value is -2.46. The molecule has 2 heterocycles. The third-order valence-electron chi connectivity index (χ3n) is 6.64. The zero-order chi connectivity index (χ0) is 25.7. The van der Waals surface area contributed by atoms with E-state index in [1.807, 2.05) is 17.0 Å². The van der Waals surface area contributed by atoms with Crippen molar-refractivity contribution >= 4 is 28.9 Å². The maximum absolute atomic E-state index is 12.6. The van der Waals surface area contributed by atoms with Gasteiger partial charge in [0.25, 0.3) is 6.43 Å². The van der Waals surface area contributed by atoms with Gasteiger partial charge in [-0.3, -0.25) is 9.69 Å². The smallest absolute Gasteiger partial charge is 0.272 e. The van der Waals surface area contributed by atoms with E-state index in [1.54, 1.807) is 18.2 Å². The number of halogens is 3. The van der Waals surface area contributed by atoms with Crippen LogP contribution >= 0.6 is 11.6 Å². The molecule has 2 aromatic rings. The van der Waals surface area contributed by atoms with E-state index in [4.69, 9.17) is 16.3 Å². The summed E-state index contributed by atoms with van der Waals surface area (Å²) in [5.74, 6) is 0.0515. The fourth-order valence-electron chi connectivity index (χ4n) is 4.87. The normalized spacial score (nSPS) is 21.2. The van der Waals surface area contributed by atoms with Crippen molar-refractivity contribution < 1.29 is 23.4 Å². The quantitative estimate of drug-likeness (QED) is 0.466. The second-order valence-electron chi connectivity index (χ2n) is 9.48. The van der Waals surface area contributed by atoms with Crippen molar-refractivity contribution in [1.29, 1.82) is 0 Å². The van der Waals surface area contributed by atoms with Crippen LogP contribution in [-0.4, -0.2) is 73.3 Å². The van der Waals surface area contributed by atoms with Gasteiger partial charge in [-0.25, -0.2) is 8.78 Å². The van der Waals surface area contributed by atoms with Crippen LogP contribution in [0.25, 0.3) is 0 Å². The molecule has 2 fully saturated rings. The lowest BCUT2D eigenvalue weighted by molar-refractivity contribution is -0.114. The number of β-amino-alcohol motifs (C(OH)–C–C–N with tert-alkyl or cyclic N) is 1.